The highest BCUT2D eigenvalue weighted by Gasteiger charge is 2.35. The van der Waals surface area contributed by atoms with Crippen molar-refractivity contribution < 1.29 is 31.2 Å². The Labute approximate surface area is 296 Å². The molecule has 0 atom stereocenters. The van der Waals surface area contributed by atoms with Crippen LogP contribution in [0.3, 0.4) is 0 Å². The lowest BCUT2D eigenvalue weighted by atomic mass is 9.99. The van der Waals surface area contributed by atoms with Crippen molar-refractivity contribution in [3.63, 3.8) is 0 Å². The summed E-state index contributed by atoms with van der Waals surface area (Å²) in [5.41, 5.74) is -0.203. The van der Waals surface area contributed by atoms with E-state index in [-0.39, 0.29) is 53.5 Å². The van der Waals surface area contributed by atoms with E-state index in [4.69, 9.17) is 0 Å². The van der Waals surface area contributed by atoms with Gasteiger partial charge in [-0.1, -0.05) is 6.07 Å². The zero-order chi connectivity index (χ0) is 37.2. The van der Waals surface area contributed by atoms with Gasteiger partial charge in [0.05, 0.1) is 5.52 Å². The minimum absolute atomic E-state index is 0.0153. The second-order valence-corrected chi connectivity index (χ2v) is 15.2. The lowest BCUT2D eigenvalue weighted by Gasteiger charge is -2.35. The Morgan fingerprint density at radius 3 is 2.35 bits per heavy atom. The number of amides is 3. The Kier molecular flexibility index (Phi) is 11.2. The molecule has 1 saturated heterocycles. The molecule has 1 aliphatic heterocycles. The van der Waals surface area contributed by atoms with E-state index in [1.54, 1.807) is 29.7 Å². The van der Waals surface area contributed by atoms with Crippen LogP contribution in [-0.4, -0.2) is 121 Å². The number of fused-ring (bicyclic) bond motifs is 1. The summed E-state index contributed by atoms with van der Waals surface area (Å²) in [6.45, 7) is 3.35. The van der Waals surface area contributed by atoms with Gasteiger partial charge in [0.15, 0.2) is 5.69 Å². The Hall–Kier alpha value is -4.43. The molecule has 0 spiro atoms. The molecule has 3 amide bonds. The molecular formula is C32H38F3N9O5S2. The molecule has 0 unspecified atom stereocenters. The number of hydrogen-bond donors (Lipinski definition) is 2. The molecular weight excluding hydrogens is 712 g/mol. The minimum Gasteiger partial charge on any atom is -0.345 e. The fraction of sp³-hybridized carbons (Fsp3) is 0.406. The molecule has 5 rings (SSSR count). The fourth-order valence-corrected chi connectivity index (χ4v) is 7.46. The molecule has 274 valence electrons. The zero-order valence-corrected chi connectivity index (χ0v) is 30.2. The summed E-state index contributed by atoms with van der Waals surface area (Å²) in [5.74, 6) is -0.472. The van der Waals surface area contributed by atoms with Crippen LogP contribution in [0.1, 0.15) is 23.0 Å². The number of nitrogens with zero attached hydrogens (tertiary/aromatic N) is 7. The van der Waals surface area contributed by atoms with Crippen molar-refractivity contribution in [3.05, 3.63) is 63.5 Å². The average molecular weight is 750 g/mol. The van der Waals surface area contributed by atoms with Gasteiger partial charge >= 0.3 is 12.2 Å². The number of anilines is 1. The highest BCUT2D eigenvalue weighted by atomic mass is 32.2. The van der Waals surface area contributed by atoms with Gasteiger partial charge in [-0.25, -0.2) is 14.8 Å². The number of hydrogen-bond acceptors (Lipinski definition) is 9. The van der Waals surface area contributed by atoms with Gasteiger partial charge in [-0.2, -0.15) is 30.2 Å². The van der Waals surface area contributed by atoms with Gasteiger partial charge in [0.1, 0.15) is 16.4 Å². The van der Waals surface area contributed by atoms with E-state index < -0.39 is 39.4 Å². The van der Waals surface area contributed by atoms with Crippen LogP contribution in [0.4, 0.5) is 23.8 Å². The molecule has 0 bridgehead atoms. The first kappa shape index (κ1) is 37.8. The number of carbonyl (C=O) groups excluding carboxylic acids is 2. The van der Waals surface area contributed by atoms with Crippen molar-refractivity contribution >= 4 is 50.2 Å². The standard InChI is InChI=1S/C32H38F3N9O5S2/c1-6-36-31(47)39-27-16-21(29-38-26(19-50-29)32(33,34)35)23(17-37-27)20-7-8-25-22(15-20)28(45)24(18-43(25)10-9-40(2)3)30(46)42-11-13-44(14-12-42)51(48,49)41(4)5/h7-8,15-19H,6,9-14H2,1-5H3,(H2,36,37,39,47). The smallest absolute Gasteiger partial charge is 0.345 e. The highest BCUT2D eigenvalue weighted by Crippen LogP contribution is 2.39. The van der Waals surface area contributed by atoms with Crippen LogP contribution in [0.15, 0.2) is 46.8 Å². The van der Waals surface area contributed by atoms with Gasteiger partial charge in [0.2, 0.25) is 5.43 Å². The molecule has 1 aliphatic rings. The maximum Gasteiger partial charge on any atom is 0.434 e. The third kappa shape index (κ3) is 8.22. The van der Waals surface area contributed by atoms with Crippen LogP contribution >= 0.6 is 11.3 Å². The quantitative estimate of drug-likeness (QED) is 0.250. The number of rotatable bonds is 10. The number of thiazole rings is 1. The Morgan fingerprint density at radius 2 is 1.75 bits per heavy atom. The van der Waals surface area contributed by atoms with Gasteiger partial charge in [-0.3, -0.25) is 14.9 Å². The largest absolute Gasteiger partial charge is 0.434 e. The first-order valence-electron chi connectivity index (χ1n) is 15.9. The van der Waals surface area contributed by atoms with E-state index in [0.717, 1.165) is 21.0 Å². The van der Waals surface area contributed by atoms with Crippen LogP contribution in [0.5, 0.6) is 0 Å². The molecule has 4 heterocycles. The summed E-state index contributed by atoms with van der Waals surface area (Å²) in [5, 5.41) is 6.23. The predicted octanol–water partition coefficient (Wildman–Crippen LogP) is 3.47. The molecule has 0 aliphatic carbocycles. The van der Waals surface area contributed by atoms with Gasteiger partial charge in [-0.15, -0.1) is 11.3 Å². The zero-order valence-electron chi connectivity index (χ0n) is 28.6. The SMILES string of the molecule is CCNC(=O)Nc1cc(-c2nc(C(F)(F)F)cs2)c(-c2ccc3c(c2)c(=O)c(C(=O)N2CCN(S(=O)(=O)N(C)C)CC2)cn3CCN(C)C)cn1. The normalized spacial score (nSPS) is 14.4. The van der Waals surface area contributed by atoms with E-state index >= 15 is 0 Å². The summed E-state index contributed by atoms with van der Waals surface area (Å²) >= 11 is 0.768. The second-order valence-electron chi connectivity index (χ2n) is 12.2. The third-order valence-electron chi connectivity index (χ3n) is 8.23. The van der Waals surface area contributed by atoms with E-state index in [2.05, 4.69) is 20.6 Å². The number of pyridine rings is 2. The second kappa shape index (κ2) is 15.0. The van der Waals surface area contributed by atoms with Crippen molar-refractivity contribution in [2.75, 3.05) is 72.8 Å². The summed E-state index contributed by atoms with van der Waals surface area (Å²) in [6.07, 6.45) is -1.78. The van der Waals surface area contributed by atoms with Gasteiger partial charge < -0.3 is 19.7 Å². The lowest BCUT2D eigenvalue weighted by Crippen LogP contribution is -2.53. The van der Waals surface area contributed by atoms with Crippen molar-refractivity contribution in [2.45, 2.75) is 19.6 Å². The number of piperazine rings is 1. The molecule has 0 radical (unpaired) electrons. The number of likely N-dealkylation sites (N-methyl/N-ethyl adjacent to an activating group) is 1. The number of halogens is 3. The number of urea groups is 1. The van der Waals surface area contributed by atoms with Crippen LogP contribution in [0, 0.1) is 0 Å². The summed E-state index contributed by atoms with van der Waals surface area (Å²) in [6, 6.07) is 5.84. The number of aromatic nitrogens is 3. The van der Waals surface area contributed by atoms with Crippen molar-refractivity contribution in [3.8, 4) is 21.7 Å². The molecule has 14 nitrogen and oxygen atoms in total. The summed E-state index contributed by atoms with van der Waals surface area (Å²) in [7, 11) is 2.96. The van der Waals surface area contributed by atoms with Gasteiger partial charge in [-0.05, 0) is 44.8 Å². The maximum absolute atomic E-state index is 14.1. The van der Waals surface area contributed by atoms with Crippen LogP contribution < -0.4 is 16.1 Å². The van der Waals surface area contributed by atoms with E-state index in [1.807, 2.05) is 19.0 Å². The number of carbonyl (C=O) groups is 2. The Bertz CT molecular complexity index is 2110. The maximum atomic E-state index is 14.1. The predicted molar refractivity (Wildman–Crippen MR) is 189 cm³/mol. The molecule has 1 fully saturated rings. The molecule has 1 aromatic carbocycles. The molecule has 0 saturated carbocycles. The first-order valence-corrected chi connectivity index (χ1v) is 18.2. The number of benzene rings is 1. The topological polar surface area (TPSA) is 153 Å². The molecule has 2 N–H and O–H groups in total. The highest BCUT2D eigenvalue weighted by molar-refractivity contribution is 7.86. The van der Waals surface area contributed by atoms with Crippen molar-refractivity contribution in [2.24, 2.45) is 0 Å². The van der Waals surface area contributed by atoms with E-state index in [0.29, 0.717) is 36.3 Å². The minimum atomic E-state index is -4.68. The van der Waals surface area contributed by atoms with Crippen LogP contribution in [0.2, 0.25) is 0 Å². The summed E-state index contributed by atoms with van der Waals surface area (Å²) < 4.78 is 70.1. The molecule has 51 heavy (non-hydrogen) atoms. The number of alkyl halides is 3. The summed E-state index contributed by atoms with van der Waals surface area (Å²) in [4.78, 5) is 51.7. The fourth-order valence-electron chi connectivity index (χ4n) is 5.51. The molecule has 19 heteroatoms. The van der Waals surface area contributed by atoms with Crippen LogP contribution in [-0.2, 0) is 22.9 Å². The van der Waals surface area contributed by atoms with Crippen molar-refractivity contribution in [1.29, 1.82) is 0 Å². The van der Waals surface area contributed by atoms with Gasteiger partial charge in [0.25, 0.3) is 16.1 Å². The lowest BCUT2D eigenvalue weighted by molar-refractivity contribution is -0.140. The van der Waals surface area contributed by atoms with E-state index in [1.165, 1.54) is 41.8 Å². The first-order chi connectivity index (χ1) is 24.0. The van der Waals surface area contributed by atoms with Crippen LogP contribution in [0.25, 0.3) is 32.6 Å². The Balaban J connectivity index is 1.60. The Morgan fingerprint density at radius 1 is 1.04 bits per heavy atom. The third-order valence-corrected chi connectivity index (χ3v) is 11.0. The van der Waals surface area contributed by atoms with Gasteiger partial charge in [0, 0.05) is 94.2 Å². The van der Waals surface area contributed by atoms with E-state index in [9.17, 15) is 36.0 Å². The average Bonchev–Trinajstić information content (AvgIpc) is 3.59. The molecule has 4 aromatic rings. The monoisotopic (exact) mass is 749 g/mol. The number of nitrogens with one attached hydrogen (secondary N) is 2. The van der Waals surface area contributed by atoms with Crippen molar-refractivity contribution in [1.82, 2.24) is 38.3 Å². The molecule has 3 aromatic heterocycles.